The number of rotatable bonds is 4. The Bertz CT molecular complexity index is 518. The van der Waals surface area contributed by atoms with Crippen LogP contribution in [-0.4, -0.2) is 47.2 Å². The lowest BCUT2D eigenvalue weighted by atomic mass is 9.95. The van der Waals surface area contributed by atoms with Gasteiger partial charge < -0.3 is 25.7 Å². The smallest absolute Gasteiger partial charge is 0.257 e. The minimum Gasteiger partial charge on any atom is -0.395 e. The molecule has 104 valence electrons. The molecule has 1 aromatic heterocycles. The molecule has 8 nitrogen and oxygen atoms in total. The molecule has 4 unspecified atom stereocenters. The zero-order valence-electron chi connectivity index (χ0n) is 10.4. The fraction of sp³-hybridized carbons (Fsp3) is 0.545. The Labute approximate surface area is 109 Å². The second-order valence-electron chi connectivity index (χ2n) is 4.40. The first-order valence-corrected chi connectivity index (χ1v) is 5.82. The fourth-order valence-electron chi connectivity index (χ4n) is 2.43. The number of nitrogens with two attached hydrogens (primary N) is 1. The Balaban J connectivity index is 2.38. The molecule has 4 atom stereocenters. The van der Waals surface area contributed by atoms with E-state index in [0.717, 1.165) is 6.29 Å². The summed E-state index contributed by atoms with van der Waals surface area (Å²) in [6, 6.07) is -0.974. The minimum absolute atomic E-state index is 0.0198. The first kappa shape index (κ1) is 13.7. The molecular formula is C11H16N4O4. The van der Waals surface area contributed by atoms with Crippen LogP contribution in [0, 0.1) is 5.92 Å². The van der Waals surface area contributed by atoms with Gasteiger partial charge >= 0.3 is 0 Å². The molecule has 8 heteroatoms. The monoisotopic (exact) mass is 268 g/mol. The number of H-pyrrole nitrogens is 1. The zero-order chi connectivity index (χ0) is 14.0. The maximum Gasteiger partial charge on any atom is 0.257 e. The van der Waals surface area contributed by atoms with Crippen LogP contribution < -0.4 is 16.6 Å². The first-order valence-electron chi connectivity index (χ1n) is 5.82. The van der Waals surface area contributed by atoms with Crippen LogP contribution in [0.15, 0.2) is 11.0 Å². The number of anilines is 1. The third-order valence-corrected chi connectivity index (χ3v) is 3.37. The van der Waals surface area contributed by atoms with E-state index in [9.17, 15) is 14.7 Å². The van der Waals surface area contributed by atoms with Crippen LogP contribution in [0.4, 0.5) is 5.95 Å². The van der Waals surface area contributed by atoms with Gasteiger partial charge in [0.05, 0.1) is 30.2 Å². The standard InChI is InChI=1S/C11H16N4O4/c1-19-9-6(3-16)7(4-17)14-8(9)5-2-13-11(12)15-10(5)18/h2-3,6-9,14,17H,4H2,1H3,(H3,12,13,15,18). The second kappa shape index (κ2) is 5.47. The van der Waals surface area contributed by atoms with Gasteiger partial charge in [0.2, 0.25) is 0 Å². The van der Waals surface area contributed by atoms with Gasteiger partial charge in [-0.15, -0.1) is 0 Å². The number of aldehydes is 1. The molecule has 0 saturated carbocycles. The number of nitrogens with one attached hydrogen (secondary N) is 2. The average Bonchev–Trinajstić information content (AvgIpc) is 2.76. The summed E-state index contributed by atoms with van der Waals surface area (Å²) in [5.74, 6) is -0.511. The summed E-state index contributed by atoms with van der Waals surface area (Å²) in [5.41, 5.74) is 5.32. The Morgan fingerprint density at radius 3 is 2.89 bits per heavy atom. The van der Waals surface area contributed by atoms with Crippen molar-refractivity contribution in [2.24, 2.45) is 5.92 Å². The Kier molecular flexibility index (Phi) is 3.93. The quantitative estimate of drug-likeness (QED) is 0.473. The number of aliphatic hydroxyl groups is 1. The van der Waals surface area contributed by atoms with Crippen LogP contribution in [0.1, 0.15) is 11.6 Å². The van der Waals surface area contributed by atoms with Crippen molar-refractivity contribution in [2.45, 2.75) is 18.2 Å². The van der Waals surface area contributed by atoms with Crippen LogP contribution >= 0.6 is 0 Å². The highest BCUT2D eigenvalue weighted by molar-refractivity contribution is 5.57. The van der Waals surface area contributed by atoms with Gasteiger partial charge in [0, 0.05) is 19.3 Å². The minimum atomic E-state index is -0.541. The molecule has 0 radical (unpaired) electrons. The lowest BCUT2D eigenvalue weighted by Crippen LogP contribution is -2.33. The summed E-state index contributed by atoms with van der Waals surface area (Å²) < 4.78 is 5.28. The van der Waals surface area contributed by atoms with Crippen LogP contribution in [0.5, 0.6) is 0 Å². The van der Waals surface area contributed by atoms with Crippen molar-refractivity contribution in [3.8, 4) is 0 Å². The van der Waals surface area contributed by atoms with E-state index in [1.54, 1.807) is 0 Å². The van der Waals surface area contributed by atoms with Crippen molar-refractivity contribution in [3.05, 3.63) is 22.1 Å². The predicted molar refractivity (Wildman–Crippen MR) is 66.4 cm³/mol. The van der Waals surface area contributed by atoms with E-state index in [4.69, 9.17) is 10.5 Å². The third kappa shape index (κ3) is 2.37. The number of hydrogen-bond donors (Lipinski definition) is 4. The lowest BCUT2D eigenvalue weighted by Gasteiger charge is -2.19. The van der Waals surface area contributed by atoms with Gasteiger partial charge in [0.1, 0.15) is 6.29 Å². The number of nitrogen functional groups attached to an aromatic ring is 1. The Morgan fingerprint density at radius 2 is 2.37 bits per heavy atom. The van der Waals surface area contributed by atoms with E-state index in [1.165, 1.54) is 13.3 Å². The highest BCUT2D eigenvalue weighted by Gasteiger charge is 2.44. The van der Waals surface area contributed by atoms with Gasteiger partial charge in [-0.1, -0.05) is 0 Å². The third-order valence-electron chi connectivity index (χ3n) is 3.37. The van der Waals surface area contributed by atoms with Crippen molar-refractivity contribution in [1.82, 2.24) is 15.3 Å². The van der Waals surface area contributed by atoms with Crippen molar-refractivity contribution >= 4 is 12.2 Å². The molecule has 0 aliphatic carbocycles. The van der Waals surface area contributed by atoms with Crippen LogP contribution in [0.3, 0.4) is 0 Å². The number of carbonyl (C=O) groups is 1. The maximum atomic E-state index is 11.9. The van der Waals surface area contributed by atoms with E-state index in [0.29, 0.717) is 5.56 Å². The van der Waals surface area contributed by atoms with Crippen LogP contribution in [0.25, 0.3) is 0 Å². The molecule has 0 amide bonds. The molecule has 1 aliphatic rings. The van der Waals surface area contributed by atoms with Gasteiger partial charge in [-0.3, -0.25) is 9.78 Å². The normalized spacial score (nSPS) is 30.4. The molecule has 0 spiro atoms. The lowest BCUT2D eigenvalue weighted by molar-refractivity contribution is -0.115. The fourth-order valence-corrected chi connectivity index (χ4v) is 2.43. The number of methoxy groups -OCH3 is 1. The highest BCUT2D eigenvalue weighted by Crippen LogP contribution is 2.31. The Hall–Kier alpha value is -1.77. The van der Waals surface area contributed by atoms with Crippen molar-refractivity contribution in [1.29, 1.82) is 0 Å². The van der Waals surface area contributed by atoms with E-state index >= 15 is 0 Å². The zero-order valence-corrected chi connectivity index (χ0v) is 10.4. The molecule has 0 aromatic carbocycles. The van der Waals surface area contributed by atoms with Gasteiger partial charge in [0.25, 0.3) is 5.56 Å². The van der Waals surface area contributed by atoms with Crippen molar-refractivity contribution < 1.29 is 14.6 Å². The predicted octanol–water partition coefficient (Wildman–Crippen LogP) is -1.81. The molecule has 1 fully saturated rings. The molecule has 2 heterocycles. The van der Waals surface area contributed by atoms with Crippen LogP contribution in [-0.2, 0) is 9.53 Å². The van der Waals surface area contributed by atoms with Gasteiger partial charge in [-0.05, 0) is 0 Å². The number of hydrogen-bond acceptors (Lipinski definition) is 7. The topological polar surface area (TPSA) is 130 Å². The van der Waals surface area contributed by atoms with E-state index < -0.39 is 29.7 Å². The maximum absolute atomic E-state index is 11.9. The molecule has 2 rings (SSSR count). The average molecular weight is 268 g/mol. The van der Waals surface area contributed by atoms with E-state index in [-0.39, 0.29) is 12.6 Å². The summed E-state index contributed by atoms with van der Waals surface area (Å²) >= 11 is 0. The number of aromatic amines is 1. The highest BCUT2D eigenvalue weighted by atomic mass is 16.5. The summed E-state index contributed by atoms with van der Waals surface area (Å²) in [5, 5.41) is 12.3. The number of carbonyl (C=O) groups excluding carboxylic acids is 1. The molecular weight excluding hydrogens is 252 g/mol. The van der Waals surface area contributed by atoms with E-state index in [2.05, 4.69) is 15.3 Å². The summed E-state index contributed by atoms with van der Waals surface area (Å²) in [6.45, 7) is -0.222. The molecule has 5 N–H and O–H groups in total. The second-order valence-corrected chi connectivity index (χ2v) is 4.40. The van der Waals surface area contributed by atoms with Crippen molar-refractivity contribution in [2.75, 3.05) is 19.5 Å². The van der Waals surface area contributed by atoms with Gasteiger partial charge in [-0.2, -0.15) is 0 Å². The Morgan fingerprint density at radius 1 is 1.63 bits per heavy atom. The molecule has 1 aliphatic heterocycles. The largest absolute Gasteiger partial charge is 0.395 e. The van der Waals surface area contributed by atoms with E-state index in [1.807, 2.05) is 0 Å². The number of aliphatic hydroxyl groups excluding tert-OH is 1. The summed E-state index contributed by atoms with van der Waals surface area (Å²) in [6.07, 6.45) is 1.53. The number of nitrogens with zero attached hydrogens (tertiary/aromatic N) is 1. The molecule has 1 saturated heterocycles. The van der Waals surface area contributed by atoms with Crippen molar-refractivity contribution in [3.63, 3.8) is 0 Å². The molecule has 1 aromatic rings. The number of ether oxygens (including phenoxy) is 1. The van der Waals surface area contributed by atoms with Gasteiger partial charge in [0.15, 0.2) is 5.95 Å². The van der Waals surface area contributed by atoms with Crippen LogP contribution in [0.2, 0.25) is 0 Å². The molecule has 0 bridgehead atoms. The SMILES string of the molecule is COC1C(c2cnc(N)[nH]c2=O)NC(CO)C1C=O. The number of aromatic nitrogens is 2. The summed E-state index contributed by atoms with van der Waals surface area (Å²) in [4.78, 5) is 29.2. The summed E-state index contributed by atoms with van der Waals surface area (Å²) in [7, 11) is 1.45. The van der Waals surface area contributed by atoms with Gasteiger partial charge in [-0.25, -0.2) is 4.98 Å². The molecule has 19 heavy (non-hydrogen) atoms. The first-order chi connectivity index (χ1) is 9.12.